The van der Waals surface area contributed by atoms with Crippen molar-refractivity contribution in [1.82, 2.24) is 20.1 Å². The van der Waals surface area contributed by atoms with Crippen LogP contribution in [0.1, 0.15) is 45.1 Å². The Morgan fingerprint density at radius 3 is 2.60 bits per heavy atom. The number of nitrogens with zero attached hydrogens (tertiary/aromatic N) is 5. The zero-order chi connectivity index (χ0) is 24.9. The lowest BCUT2D eigenvalue weighted by molar-refractivity contribution is -0.246. The summed E-state index contributed by atoms with van der Waals surface area (Å²) in [5.74, 6) is 3.56. The van der Waals surface area contributed by atoms with E-state index in [0.29, 0.717) is 41.3 Å². The van der Waals surface area contributed by atoms with Gasteiger partial charge in [-0.2, -0.15) is 0 Å². The van der Waals surface area contributed by atoms with Crippen LogP contribution in [0.2, 0.25) is 5.02 Å². The summed E-state index contributed by atoms with van der Waals surface area (Å²) in [4.78, 5) is 10.9. The van der Waals surface area contributed by atoms with Crippen LogP contribution in [0.15, 0.2) is 30.6 Å². The monoisotopic (exact) mass is 505 g/mol. The molecule has 2 aliphatic rings. The van der Waals surface area contributed by atoms with Crippen molar-refractivity contribution in [2.75, 3.05) is 38.2 Å². The highest BCUT2D eigenvalue weighted by molar-refractivity contribution is 6.30. The molecular formula is C26H37ClFN5O2. The van der Waals surface area contributed by atoms with Gasteiger partial charge in [0.15, 0.2) is 0 Å². The number of piperidine rings is 1. The molecule has 1 aromatic heterocycles. The Balaban J connectivity index is 1.16. The number of rotatable bonds is 11. The maximum Gasteiger partial charge on any atom is 0.225 e. The second kappa shape index (κ2) is 11.8. The molecule has 0 radical (unpaired) electrons. The molecule has 2 aromatic rings. The molecule has 1 aliphatic heterocycles. The first-order chi connectivity index (χ1) is 16.8. The smallest absolute Gasteiger partial charge is 0.225 e. The third kappa shape index (κ3) is 7.26. The minimum absolute atomic E-state index is 0.0993. The van der Waals surface area contributed by atoms with Gasteiger partial charge in [-0.15, -0.1) is 5.17 Å². The van der Waals surface area contributed by atoms with E-state index in [2.05, 4.69) is 28.7 Å². The first-order valence-corrected chi connectivity index (χ1v) is 13.0. The maximum absolute atomic E-state index is 14.6. The van der Waals surface area contributed by atoms with Gasteiger partial charge in [0, 0.05) is 38.3 Å². The van der Waals surface area contributed by atoms with Gasteiger partial charge in [-0.25, -0.2) is 19.4 Å². The second-order valence-corrected chi connectivity index (χ2v) is 10.8. The third-order valence-corrected chi connectivity index (χ3v) is 7.32. The number of ether oxygens (including phenoxy) is 1. The Labute approximate surface area is 212 Å². The molecule has 0 bridgehead atoms. The molecule has 2 fully saturated rings. The number of hydrogen-bond donors (Lipinski definition) is 1. The normalized spacial score (nSPS) is 20.8. The lowest BCUT2D eigenvalue weighted by Crippen LogP contribution is -2.39. The van der Waals surface area contributed by atoms with Gasteiger partial charge in [0.05, 0.1) is 30.6 Å². The van der Waals surface area contributed by atoms with Crippen molar-refractivity contribution >= 4 is 17.5 Å². The van der Waals surface area contributed by atoms with Crippen molar-refractivity contribution < 1.29 is 14.3 Å². The Bertz CT molecular complexity index is 955. The highest BCUT2D eigenvalue weighted by atomic mass is 35.5. The minimum Gasteiger partial charge on any atom is -0.493 e. The van der Waals surface area contributed by atoms with Crippen molar-refractivity contribution in [3.63, 3.8) is 0 Å². The molecule has 2 atom stereocenters. The van der Waals surface area contributed by atoms with E-state index >= 15 is 0 Å². The summed E-state index contributed by atoms with van der Waals surface area (Å²) < 4.78 is 20.4. The largest absolute Gasteiger partial charge is 0.493 e. The van der Waals surface area contributed by atoms with E-state index in [0.717, 1.165) is 55.3 Å². The number of benzene rings is 1. The third-order valence-electron chi connectivity index (χ3n) is 7.13. The van der Waals surface area contributed by atoms with Crippen LogP contribution in [0.3, 0.4) is 0 Å². The van der Waals surface area contributed by atoms with Crippen molar-refractivity contribution in [3.8, 4) is 5.75 Å². The molecule has 192 valence electrons. The zero-order valence-electron chi connectivity index (χ0n) is 20.9. The van der Waals surface area contributed by atoms with Crippen molar-refractivity contribution in [2.45, 2.75) is 46.1 Å². The molecule has 1 aliphatic carbocycles. The molecule has 1 saturated heterocycles. The number of aromatic nitrogens is 2. The number of halogens is 2. The Morgan fingerprint density at radius 1 is 1.23 bits per heavy atom. The van der Waals surface area contributed by atoms with E-state index < -0.39 is 0 Å². The fourth-order valence-corrected chi connectivity index (χ4v) is 5.24. The van der Waals surface area contributed by atoms with Gasteiger partial charge in [-0.1, -0.05) is 31.5 Å². The Hall–Kier alpha value is -2.00. The Morgan fingerprint density at radius 2 is 1.94 bits per heavy atom. The molecule has 4 rings (SSSR count). The van der Waals surface area contributed by atoms with Crippen LogP contribution in [-0.4, -0.2) is 58.6 Å². The van der Waals surface area contributed by atoms with Gasteiger partial charge in [-0.3, -0.25) is 5.21 Å². The van der Waals surface area contributed by atoms with E-state index in [9.17, 15) is 9.60 Å². The van der Waals surface area contributed by atoms with E-state index in [4.69, 9.17) is 16.3 Å². The number of hydrazine groups is 1. The van der Waals surface area contributed by atoms with Gasteiger partial charge in [0.2, 0.25) is 5.95 Å². The summed E-state index contributed by atoms with van der Waals surface area (Å²) in [6.07, 6.45) is 7.89. The summed E-state index contributed by atoms with van der Waals surface area (Å²) in [6, 6.07) is 4.90. The molecule has 9 heteroatoms. The maximum atomic E-state index is 14.6. The standard InChI is InChI=1S/C26H37ClFN5O2/c1-18(2)16-31(3)33(34)17-21-4-5-23(13-25(21)28)35-11-8-20-12-24(20)19-6-9-32(10-7-19)26-29-14-22(27)15-30-26/h4-5,13-15,18-20,24,34H,6-12,16-17H2,1-3H3/t20-,24-/m1/s1. The first kappa shape index (κ1) is 26.1. The highest BCUT2D eigenvalue weighted by Gasteiger charge is 2.43. The Kier molecular flexibility index (Phi) is 8.81. The van der Waals surface area contributed by atoms with Crippen LogP contribution in [0.5, 0.6) is 5.75 Å². The van der Waals surface area contributed by atoms with Gasteiger partial charge < -0.3 is 9.64 Å². The average molecular weight is 506 g/mol. The van der Waals surface area contributed by atoms with Crippen LogP contribution in [-0.2, 0) is 6.54 Å². The number of hydrogen-bond acceptors (Lipinski definition) is 7. The topological polar surface area (TPSA) is 65.0 Å². The molecule has 0 unspecified atom stereocenters. The second-order valence-electron chi connectivity index (χ2n) is 10.3. The van der Waals surface area contributed by atoms with E-state index in [-0.39, 0.29) is 12.4 Å². The predicted molar refractivity (Wildman–Crippen MR) is 135 cm³/mol. The van der Waals surface area contributed by atoms with Gasteiger partial charge in [-0.05, 0) is 55.4 Å². The fourth-order valence-electron chi connectivity index (χ4n) is 5.15. The van der Waals surface area contributed by atoms with Crippen LogP contribution >= 0.6 is 11.6 Å². The van der Waals surface area contributed by atoms with Crippen LogP contribution in [0.25, 0.3) is 0 Å². The van der Waals surface area contributed by atoms with Crippen molar-refractivity contribution in [3.05, 3.63) is 47.0 Å². The van der Waals surface area contributed by atoms with Gasteiger partial charge in [0.25, 0.3) is 0 Å². The summed E-state index contributed by atoms with van der Waals surface area (Å²) in [5, 5.41) is 13.5. The van der Waals surface area contributed by atoms with E-state index in [1.165, 1.54) is 12.5 Å². The summed E-state index contributed by atoms with van der Waals surface area (Å²) in [5.41, 5.74) is 0.438. The van der Waals surface area contributed by atoms with E-state index in [1.807, 2.05) is 0 Å². The van der Waals surface area contributed by atoms with Crippen LogP contribution in [0, 0.1) is 29.5 Å². The van der Waals surface area contributed by atoms with Gasteiger partial charge in [0.1, 0.15) is 11.6 Å². The molecule has 35 heavy (non-hydrogen) atoms. The molecule has 0 amide bonds. The van der Waals surface area contributed by atoms with E-state index in [1.54, 1.807) is 36.6 Å². The molecule has 7 nitrogen and oxygen atoms in total. The molecule has 1 aromatic carbocycles. The number of anilines is 1. The first-order valence-electron chi connectivity index (χ1n) is 12.6. The van der Waals surface area contributed by atoms with Crippen LogP contribution < -0.4 is 9.64 Å². The SMILES string of the molecule is CC(C)CN(C)N(O)Cc1ccc(OCC[C@@H]2C[C@@H]2C2CCN(c3ncc(Cl)cn3)CC2)cc1F. The van der Waals surface area contributed by atoms with Crippen molar-refractivity contribution in [1.29, 1.82) is 0 Å². The molecule has 1 N–H and O–H groups in total. The highest BCUT2D eigenvalue weighted by Crippen LogP contribution is 2.49. The lowest BCUT2D eigenvalue weighted by Gasteiger charge is -2.32. The summed E-state index contributed by atoms with van der Waals surface area (Å²) in [6.45, 7) is 7.50. The van der Waals surface area contributed by atoms with Crippen molar-refractivity contribution in [2.24, 2.45) is 23.7 Å². The molecule has 2 heterocycles. The lowest BCUT2D eigenvalue weighted by atomic mass is 9.90. The van der Waals surface area contributed by atoms with Crippen LogP contribution in [0.4, 0.5) is 10.3 Å². The quantitative estimate of drug-likeness (QED) is 0.416. The molecular weight excluding hydrogens is 469 g/mol. The van der Waals surface area contributed by atoms with Gasteiger partial charge >= 0.3 is 0 Å². The zero-order valence-corrected chi connectivity index (χ0v) is 21.7. The summed E-state index contributed by atoms with van der Waals surface area (Å²) >= 11 is 5.89. The number of hydroxylamine groups is 1. The minimum atomic E-state index is -0.361. The molecule has 1 saturated carbocycles. The fraction of sp³-hybridized carbons (Fsp3) is 0.615. The molecule has 0 spiro atoms. The predicted octanol–water partition coefficient (Wildman–Crippen LogP) is 5.28. The summed E-state index contributed by atoms with van der Waals surface area (Å²) in [7, 11) is 1.79. The average Bonchev–Trinajstić information content (AvgIpc) is 3.60.